The van der Waals surface area contributed by atoms with Crippen LogP contribution in [-0.4, -0.2) is 29.0 Å². The predicted octanol–water partition coefficient (Wildman–Crippen LogP) is 3.52. The molecule has 0 saturated heterocycles. The second-order valence-corrected chi connectivity index (χ2v) is 6.47. The van der Waals surface area contributed by atoms with E-state index in [0.717, 1.165) is 29.8 Å². The van der Waals surface area contributed by atoms with E-state index >= 15 is 0 Å². The van der Waals surface area contributed by atoms with Gasteiger partial charge in [0, 0.05) is 12.1 Å². The van der Waals surface area contributed by atoms with E-state index in [1.807, 2.05) is 25.1 Å². The summed E-state index contributed by atoms with van der Waals surface area (Å²) in [4.78, 5) is 21.2. The van der Waals surface area contributed by atoms with Crippen LogP contribution in [0.25, 0.3) is 0 Å². The largest absolute Gasteiger partial charge is 0.495 e. The first-order chi connectivity index (χ1) is 12.0. The van der Waals surface area contributed by atoms with E-state index in [-0.39, 0.29) is 11.9 Å². The lowest BCUT2D eigenvalue weighted by Crippen LogP contribution is -2.33. The van der Waals surface area contributed by atoms with Crippen molar-refractivity contribution in [3.05, 3.63) is 41.3 Å². The van der Waals surface area contributed by atoms with Gasteiger partial charge < -0.3 is 15.4 Å². The molecule has 1 aliphatic carbocycles. The number of methoxy groups -OCH3 is 1. The normalized spacial score (nSPS) is 14.4. The molecule has 6 heteroatoms. The molecule has 1 fully saturated rings. The van der Waals surface area contributed by atoms with Crippen LogP contribution in [-0.2, 0) is 0 Å². The van der Waals surface area contributed by atoms with Gasteiger partial charge in [-0.1, -0.05) is 18.9 Å². The molecule has 0 radical (unpaired) electrons. The molecule has 0 spiro atoms. The van der Waals surface area contributed by atoms with Gasteiger partial charge in [0.1, 0.15) is 23.1 Å². The minimum absolute atomic E-state index is 0.142. The summed E-state index contributed by atoms with van der Waals surface area (Å²) in [5.41, 5.74) is 2.30. The van der Waals surface area contributed by atoms with Gasteiger partial charge in [0.15, 0.2) is 0 Å². The fourth-order valence-corrected chi connectivity index (χ4v) is 3.14. The number of hydrogen-bond donors (Lipinski definition) is 2. The lowest BCUT2D eigenvalue weighted by molar-refractivity contribution is 0.0932. The SMILES string of the molecule is COc1ccc(C)cc1Nc1cc(C(=O)NC2CCCC2)nc(C)n1. The van der Waals surface area contributed by atoms with Crippen molar-refractivity contribution in [2.24, 2.45) is 0 Å². The molecule has 6 nitrogen and oxygen atoms in total. The van der Waals surface area contributed by atoms with E-state index in [0.29, 0.717) is 17.3 Å². The quantitative estimate of drug-likeness (QED) is 0.871. The summed E-state index contributed by atoms with van der Waals surface area (Å²) < 4.78 is 5.38. The third-order valence-electron chi connectivity index (χ3n) is 4.38. The molecule has 0 bridgehead atoms. The summed E-state index contributed by atoms with van der Waals surface area (Å²) in [6, 6.07) is 7.80. The van der Waals surface area contributed by atoms with Crippen LogP contribution in [0.1, 0.15) is 47.6 Å². The third kappa shape index (κ3) is 4.26. The maximum Gasteiger partial charge on any atom is 0.270 e. The maximum absolute atomic E-state index is 12.5. The zero-order valence-electron chi connectivity index (χ0n) is 14.9. The number of nitrogens with zero attached hydrogens (tertiary/aromatic N) is 2. The van der Waals surface area contributed by atoms with Gasteiger partial charge in [-0.2, -0.15) is 0 Å². The van der Waals surface area contributed by atoms with Crippen LogP contribution >= 0.6 is 0 Å². The van der Waals surface area contributed by atoms with E-state index in [1.165, 1.54) is 12.8 Å². The van der Waals surface area contributed by atoms with Crippen molar-refractivity contribution in [2.45, 2.75) is 45.6 Å². The third-order valence-corrected chi connectivity index (χ3v) is 4.38. The average Bonchev–Trinajstić information content (AvgIpc) is 3.07. The van der Waals surface area contributed by atoms with Gasteiger partial charge in [0.2, 0.25) is 0 Å². The van der Waals surface area contributed by atoms with Gasteiger partial charge in [-0.15, -0.1) is 0 Å². The Bertz CT molecular complexity index is 770. The molecule has 1 amide bonds. The Morgan fingerprint density at radius 1 is 1.16 bits per heavy atom. The predicted molar refractivity (Wildman–Crippen MR) is 97.5 cm³/mol. The number of rotatable bonds is 5. The summed E-state index contributed by atoms with van der Waals surface area (Å²) in [6.45, 7) is 3.79. The van der Waals surface area contributed by atoms with Crippen LogP contribution in [0.2, 0.25) is 0 Å². The number of ether oxygens (including phenoxy) is 1. The van der Waals surface area contributed by atoms with E-state index < -0.39 is 0 Å². The Kier molecular flexibility index (Phi) is 5.16. The minimum atomic E-state index is -0.142. The van der Waals surface area contributed by atoms with Gasteiger partial charge in [0.05, 0.1) is 12.8 Å². The number of hydrogen-bond acceptors (Lipinski definition) is 5. The van der Waals surface area contributed by atoms with Crippen LogP contribution in [0.5, 0.6) is 5.75 Å². The van der Waals surface area contributed by atoms with E-state index in [9.17, 15) is 4.79 Å². The van der Waals surface area contributed by atoms with Crippen LogP contribution < -0.4 is 15.4 Å². The molecule has 0 aliphatic heterocycles. The van der Waals surface area contributed by atoms with Crippen molar-refractivity contribution < 1.29 is 9.53 Å². The number of carbonyl (C=O) groups is 1. The first-order valence-electron chi connectivity index (χ1n) is 8.63. The highest BCUT2D eigenvalue weighted by molar-refractivity contribution is 5.93. The number of nitrogens with one attached hydrogen (secondary N) is 2. The monoisotopic (exact) mass is 340 g/mol. The Labute approximate surface area is 148 Å². The Hall–Kier alpha value is -2.63. The van der Waals surface area contributed by atoms with Crippen LogP contribution in [0, 0.1) is 13.8 Å². The zero-order chi connectivity index (χ0) is 17.8. The van der Waals surface area contributed by atoms with Gasteiger partial charge in [-0.05, 0) is 44.4 Å². The fraction of sp³-hybridized carbons (Fsp3) is 0.421. The lowest BCUT2D eigenvalue weighted by atomic mass is 10.2. The smallest absolute Gasteiger partial charge is 0.270 e. The molecule has 0 unspecified atom stereocenters. The van der Waals surface area contributed by atoms with Crippen molar-refractivity contribution in [3.63, 3.8) is 0 Å². The Balaban J connectivity index is 1.81. The molecule has 1 aromatic heterocycles. The second-order valence-electron chi connectivity index (χ2n) is 6.47. The molecule has 25 heavy (non-hydrogen) atoms. The van der Waals surface area contributed by atoms with Crippen molar-refractivity contribution >= 4 is 17.4 Å². The van der Waals surface area contributed by atoms with E-state index in [2.05, 4.69) is 20.6 Å². The van der Waals surface area contributed by atoms with Gasteiger partial charge in [-0.3, -0.25) is 4.79 Å². The molecule has 3 rings (SSSR count). The molecule has 1 heterocycles. The molecule has 2 N–H and O–H groups in total. The fourth-order valence-electron chi connectivity index (χ4n) is 3.14. The van der Waals surface area contributed by atoms with E-state index in [4.69, 9.17) is 4.74 Å². The van der Waals surface area contributed by atoms with E-state index in [1.54, 1.807) is 20.1 Å². The number of aryl methyl sites for hydroxylation is 2. The molecular weight excluding hydrogens is 316 g/mol. The lowest BCUT2D eigenvalue weighted by Gasteiger charge is -2.14. The maximum atomic E-state index is 12.5. The molecule has 1 aromatic carbocycles. The number of aromatic nitrogens is 2. The molecule has 2 aromatic rings. The number of carbonyl (C=O) groups excluding carboxylic acids is 1. The molecule has 0 atom stereocenters. The van der Waals surface area contributed by atoms with Gasteiger partial charge in [-0.25, -0.2) is 9.97 Å². The summed E-state index contributed by atoms with van der Waals surface area (Å²) in [5, 5.41) is 6.30. The van der Waals surface area contributed by atoms with Crippen LogP contribution in [0.4, 0.5) is 11.5 Å². The van der Waals surface area contributed by atoms with Crippen molar-refractivity contribution in [1.29, 1.82) is 0 Å². The highest BCUT2D eigenvalue weighted by Gasteiger charge is 2.19. The Morgan fingerprint density at radius 2 is 1.92 bits per heavy atom. The number of benzene rings is 1. The average molecular weight is 340 g/mol. The van der Waals surface area contributed by atoms with Crippen LogP contribution in [0.15, 0.2) is 24.3 Å². The highest BCUT2D eigenvalue weighted by Crippen LogP contribution is 2.28. The number of anilines is 2. The summed E-state index contributed by atoms with van der Waals surface area (Å²) in [5.74, 6) is 1.71. The second kappa shape index (κ2) is 7.51. The first-order valence-corrected chi connectivity index (χ1v) is 8.63. The zero-order valence-corrected chi connectivity index (χ0v) is 14.9. The first kappa shape index (κ1) is 17.2. The van der Waals surface area contributed by atoms with Crippen molar-refractivity contribution in [2.75, 3.05) is 12.4 Å². The van der Waals surface area contributed by atoms with Crippen molar-refractivity contribution in [1.82, 2.24) is 15.3 Å². The molecular formula is C19H24N4O2. The van der Waals surface area contributed by atoms with Crippen LogP contribution in [0.3, 0.4) is 0 Å². The number of amides is 1. The summed E-state index contributed by atoms with van der Waals surface area (Å²) in [6.07, 6.45) is 4.43. The minimum Gasteiger partial charge on any atom is -0.495 e. The standard InChI is InChI=1S/C19H24N4O2/c1-12-8-9-17(25-3)15(10-12)23-18-11-16(20-13(2)21-18)19(24)22-14-6-4-5-7-14/h8-11,14H,4-7H2,1-3H3,(H,22,24)(H,20,21,23). The van der Waals surface area contributed by atoms with Gasteiger partial charge >= 0.3 is 0 Å². The summed E-state index contributed by atoms with van der Waals surface area (Å²) in [7, 11) is 1.63. The molecule has 132 valence electrons. The summed E-state index contributed by atoms with van der Waals surface area (Å²) >= 11 is 0. The molecule has 1 aliphatic rings. The Morgan fingerprint density at radius 3 is 2.64 bits per heavy atom. The van der Waals surface area contributed by atoms with Crippen molar-refractivity contribution in [3.8, 4) is 5.75 Å². The molecule has 1 saturated carbocycles. The highest BCUT2D eigenvalue weighted by atomic mass is 16.5. The topological polar surface area (TPSA) is 76.1 Å². The van der Waals surface area contributed by atoms with Gasteiger partial charge in [0.25, 0.3) is 5.91 Å².